The summed E-state index contributed by atoms with van der Waals surface area (Å²) in [4.78, 5) is 11.0. The molecule has 2 unspecified atom stereocenters. The topological polar surface area (TPSA) is 94.5 Å². The van der Waals surface area contributed by atoms with Gasteiger partial charge in [-0.25, -0.2) is 4.79 Å². The molecule has 2 atom stereocenters. The predicted molar refractivity (Wildman–Crippen MR) is 53.1 cm³/mol. The molecule has 0 bridgehead atoms. The Kier molecular flexibility index (Phi) is 8.82. The molecule has 0 saturated heterocycles. The number of rotatable bonds is 8. The highest BCUT2D eigenvalue weighted by Gasteiger charge is 2.13. The van der Waals surface area contributed by atoms with Crippen molar-refractivity contribution in [2.45, 2.75) is 12.2 Å². The molecule has 0 aromatic rings. The van der Waals surface area contributed by atoms with Gasteiger partial charge >= 0.3 is 6.16 Å². The van der Waals surface area contributed by atoms with Crippen LogP contribution >= 0.6 is 0 Å². The molecule has 0 rings (SSSR count). The number of methoxy groups -OCH3 is 2. The van der Waals surface area contributed by atoms with Gasteiger partial charge in [0.05, 0.1) is 13.2 Å². The molecule has 0 radical (unpaired) electrons. The summed E-state index contributed by atoms with van der Waals surface area (Å²) in [5, 5.41) is 17.4. The fourth-order valence-electron chi connectivity index (χ4n) is 0.754. The number of carbonyl (C=O) groups excluding carboxylic acids is 1. The number of hydrogen-bond acceptors (Lipinski definition) is 7. The Morgan fingerprint density at radius 3 is 1.62 bits per heavy atom. The fourth-order valence-corrected chi connectivity index (χ4v) is 0.754. The lowest BCUT2D eigenvalue weighted by molar-refractivity contribution is -0.0405. The minimum atomic E-state index is -0.897. The van der Waals surface area contributed by atoms with Crippen LogP contribution in [0.3, 0.4) is 0 Å². The molecule has 0 aromatic heterocycles. The van der Waals surface area contributed by atoms with Crippen molar-refractivity contribution in [3.63, 3.8) is 0 Å². The van der Waals surface area contributed by atoms with E-state index in [0.717, 1.165) is 0 Å². The van der Waals surface area contributed by atoms with Crippen LogP contribution in [0.5, 0.6) is 0 Å². The zero-order valence-electron chi connectivity index (χ0n) is 9.42. The Labute approximate surface area is 93.9 Å². The molecule has 0 saturated carbocycles. The van der Waals surface area contributed by atoms with E-state index >= 15 is 0 Å². The van der Waals surface area contributed by atoms with Crippen molar-refractivity contribution >= 4 is 6.16 Å². The van der Waals surface area contributed by atoms with Crippen molar-refractivity contribution in [2.75, 3.05) is 40.6 Å². The quantitative estimate of drug-likeness (QED) is 0.532. The number of carbonyl (C=O) groups is 1. The van der Waals surface area contributed by atoms with Gasteiger partial charge in [-0.15, -0.1) is 0 Å². The molecule has 0 aromatic carbocycles. The maximum absolute atomic E-state index is 11.0. The van der Waals surface area contributed by atoms with Gasteiger partial charge < -0.3 is 29.2 Å². The van der Waals surface area contributed by atoms with Crippen LogP contribution in [0.2, 0.25) is 0 Å². The molecule has 2 N–H and O–H groups in total. The Morgan fingerprint density at radius 1 is 1.00 bits per heavy atom. The zero-order valence-corrected chi connectivity index (χ0v) is 9.42. The minimum Gasteiger partial charge on any atom is -0.431 e. The van der Waals surface area contributed by atoms with Crippen molar-refractivity contribution in [3.05, 3.63) is 0 Å². The molecular formula is C9H18O7. The van der Waals surface area contributed by atoms with Crippen LogP contribution in [-0.2, 0) is 18.9 Å². The second-order valence-electron chi connectivity index (χ2n) is 2.95. The molecule has 0 aliphatic heterocycles. The predicted octanol–water partition coefficient (Wildman–Crippen LogP) is -0.846. The molecule has 0 heterocycles. The van der Waals surface area contributed by atoms with Gasteiger partial charge in [-0.3, -0.25) is 0 Å². The van der Waals surface area contributed by atoms with E-state index in [2.05, 4.69) is 9.47 Å². The maximum Gasteiger partial charge on any atom is 0.508 e. The van der Waals surface area contributed by atoms with E-state index in [1.807, 2.05) is 0 Å². The highest BCUT2D eigenvalue weighted by molar-refractivity contribution is 5.59. The molecule has 7 heteroatoms. The van der Waals surface area contributed by atoms with Gasteiger partial charge in [0, 0.05) is 14.2 Å². The number of hydrogen-bond donors (Lipinski definition) is 2. The highest BCUT2D eigenvalue weighted by Crippen LogP contribution is 1.95. The van der Waals surface area contributed by atoms with Crippen LogP contribution in [0.15, 0.2) is 0 Å². The van der Waals surface area contributed by atoms with Crippen LogP contribution in [0.4, 0.5) is 4.79 Å². The van der Waals surface area contributed by atoms with E-state index in [9.17, 15) is 4.79 Å². The first-order valence-electron chi connectivity index (χ1n) is 4.74. The van der Waals surface area contributed by atoms with Crippen molar-refractivity contribution in [1.29, 1.82) is 0 Å². The lowest BCUT2D eigenvalue weighted by Crippen LogP contribution is -2.28. The standard InChI is InChI=1S/C9H18O7/c1-13-7(3-10)5-15-9(12)16-6-8(4-11)14-2/h7-8,10-11H,3-6H2,1-2H3. The molecule has 0 aliphatic carbocycles. The minimum absolute atomic E-state index is 0.0946. The van der Waals surface area contributed by atoms with Crippen molar-refractivity contribution in [3.8, 4) is 0 Å². The van der Waals surface area contributed by atoms with Crippen LogP contribution in [0.1, 0.15) is 0 Å². The summed E-state index contributed by atoms with van der Waals surface area (Å²) < 4.78 is 18.8. The molecule has 16 heavy (non-hydrogen) atoms. The van der Waals surface area contributed by atoms with Crippen LogP contribution in [0, 0.1) is 0 Å². The third-order valence-electron chi connectivity index (χ3n) is 1.85. The summed E-state index contributed by atoms with van der Waals surface area (Å²) in [6.07, 6.45) is -2.03. The Morgan fingerprint density at radius 2 is 1.38 bits per heavy atom. The SMILES string of the molecule is COC(CO)COC(=O)OCC(CO)OC. The van der Waals surface area contributed by atoms with Gasteiger partial charge in [0.25, 0.3) is 0 Å². The summed E-state index contributed by atoms with van der Waals surface area (Å²) in [5.41, 5.74) is 0. The van der Waals surface area contributed by atoms with Crippen LogP contribution < -0.4 is 0 Å². The van der Waals surface area contributed by atoms with E-state index in [0.29, 0.717) is 0 Å². The summed E-state index contributed by atoms with van der Waals surface area (Å²) in [7, 11) is 2.78. The van der Waals surface area contributed by atoms with Crippen molar-refractivity contribution in [1.82, 2.24) is 0 Å². The molecule has 7 nitrogen and oxygen atoms in total. The van der Waals surface area contributed by atoms with Crippen LogP contribution in [-0.4, -0.2) is 69.2 Å². The van der Waals surface area contributed by atoms with Gasteiger partial charge in [0.1, 0.15) is 25.4 Å². The van der Waals surface area contributed by atoms with Gasteiger partial charge in [0.2, 0.25) is 0 Å². The normalized spacial score (nSPS) is 14.2. The monoisotopic (exact) mass is 238 g/mol. The summed E-state index contributed by atoms with van der Waals surface area (Å²) in [5.74, 6) is 0. The molecule has 0 aliphatic rings. The van der Waals surface area contributed by atoms with E-state index in [1.165, 1.54) is 14.2 Å². The average Bonchev–Trinajstić information content (AvgIpc) is 2.31. The van der Waals surface area contributed by atoms with Gasteiger partial charge in [-0.2, -0.15) is 0 Å². The molecule has 0 spiro atoms. The number of aliphatic hydroxyl groups excluding tert-OH is 2. The average molecular weight is 238 g/mol. The van der Waals surface area contributed by atoms with Gasteiger partial charge in [-0.05, 0) is 0 Å². The molecule has 0 amide bonds. The van der Waals surface area contributed by atoms with E-state index in [1.54, 1.807) is 0 Å². The second kappa shape index (κ2) is 9.34. The van der Waals surface area contributed by atoms with E-state index in [4.69, 9.17) is 19.7 Å². The van der Waals surface area contributed by atoms with Gasteiger partial charge in [0.15, 0.2) is 0 Å². The summed E-state index contributed by atoms with van der Waals surface area (Å²) >= 11 is 0. The lowest BCUT2D eigenvalue weighted by Gasteiger charge is -2.14. The zero-order chi connectivity index (χ0) is 12.4. The third kappa shape index (κ3) is 6.57. The maximum atomic E-state index is 11.0. The fraction of sp³-hybridized carbons (Fsp3) is 0.889. The Hall–Kier alpha value is -0.890. The van der Waals surface area contributed by atoms with Gasteiger partial charge in [-0.1, -0.05) is 0 Å². The molecule has 0 fully saturated rings. The first-order valence-corrected chi connectivity index (χ1v) is 4.74. The first-order chi connectivity index (χ1) is 7.67. The first kappa shape index (κ1) is 15.1. The summed E-state index contributed by atoms with van der Waals surface area (Å²) in [6.45, 7) is -0.687. The highest BCUT2D eigenvalue weighted by atomic mass is 16.7. The Bertz CT molecular complexity index is 159. The molecular weight excluding hydrogens is 220 g/mol. The third-order valence-corrected chi connectivity index (χ3v) is 1.85. The van der Waals surface area contributed by atoms with E-state index in [-0.39, 0.29) is 26.4 Å². The second-order valence-corrected chi connectivity index (χ2v) is 2.95. The Balaban J connectivity index is 3.65. The lowest BCUT2D eigenvalue weighted by atomic mass is 10.4. The van der Waals surface area contributed by atoms with Crippen LogP contribution in [0.25, 0.3) is 0 Å². The van der Waals surface area contributed by atoms with Crippen molar-refractivity contribution < 1.29 is 34.0 Å². The smallest absolute Gasteiger partial charge is 0.431 e. The number of aliphatic hydroxyl groups is 2. The molecule has 96 valence electrons. The van der Waals surface area contributed by atoms with Crippen molar-refractivity contribution in [2.24, 2.45) is 0 Å². The van der Waals surface area contributed by atoms with E-state index < -0.39 is 18.4 Å². The largest absolute Gasteiger partial charge is 0.508 e. The summed E-state index contributed by atoms with van der Waals surface area (Å²) in [6, 6.07) is 0. The number of ether oxygens (including phenoxy) is 4.